The minimum Gasteiger partial charge on any atom is -0.544 e. The summed E-state index contributed by atoms with van der Waals surface area (Å²) in [6.07, 6.45) is 1.31. The first-order chi connectivity index (χ1) is 8.62. The molecule has 1 rings (SSSR count). The second kappa shape index (κ2) is 6.45. The molecule has 0 aliphatic carbocycles. The van der Waals surface area contributed by atoms with Gasteiger partial charge >= 0.3 is 0 Å². The second-order valence-electron chi connectivity index (χ2n) is 3.72. The summed E-state index contributed by atoms with van der Waals surface area (Å²) in [6, 6.07) is 8.98. The van der Waals surface area contributed by atoms with Crippen LogP contribution in [-0.4, -0.2) is 19.1 Å². The van der Waals surface area contributed by atoms with Gasteiger partial charge in [0.2, 0.25) is 0 Å². The number of hydrogen-bond acceptors (Lipinski definition) is 4. The Morgan fingerprint density at radius 2 is 1.89 bits per heavy atom. The molecule has 0 unspecified atom stereocenters. The molecule has 0 spiro atoms. The Morgan fingerprint density at radius 1 is 1.33 bits per heavy atom. The van der Waals surface area contributed by atoms with Gasteiger partial charge in [0, 0.05) is 18.8 Å². The lowest BCUT2D eigenvalue weighted by atomic mass is 10.1. The highest BCUT2D eigenvalue weighted by Crippen LogP contribution is 2.16. The predicted octanol–water partition coefficient (Wildman–Crippen LogP) is 1.19. The summed E-state index contributed by atoms with van der Waals surface area (Å²) in [5.74, 6) is -1.45. The molecular formula is C14H15N2O2-. The summed E-state index contributed by atoms with van der Waals surface area (Å²) in [5, 5.41) is 19.2. The van der Waals surface area contributed by atoms with E-state index in [1.165, 1.54) is 6.08 Å². The molecule has 94 valence electrons. The molecular weight excluding hydrogens is 228 g/mol. The molecule has 0 N–H and O–H groups in total. The molecule has 0 aliphatic heterocycles. The zero-order valence-electron chi connectivity index (χ0n) is 10.5. The van der Waals surface area contributed by atoms with Gasteiger partial charge in [0.05, 0.1) is 11.5 Å². The number of benzene rings is 1. The van der Waals surface area contributed by atoms with E-state index < -0.39 is 5.97 Å². The highest BCUT2D eigenvalue weighted by Gasteiger charge is 2.01. The van der Waals surface area contributed by atoms with E-state index in [0.717, 1.165) is 18.8 Å². The van der Waals surface area contributed by atoms with Crippen LogP contribution in [-0.2, 0) is 4.79 Å². The fraction of sp³-hybridized carbons (Fsp3) is 0.286. The maximum atomic E-state index is 10.6. The second-order valence-corrected chi connectivity index (χ2v) is 3.72. The first kappa shape index (κ1) is 13.8. The van der Waals surface area contributed by atoms with Crippen LogP contribution in [0.1, 0.15) is 19.4 Å². The van der Waals surface area contributed by atoms with Crippen LogP contribution in [0.15, 0.2) is 29.8 Å². The van der Waals surface area contributed by atoms with Crippen LogP contribution in [0.5, 0.6) is 0 Å². The minimum atomic E-state index is -1.45. The lowest BCUT2D eigenvalue weighted by molar-refractivity contribution is -0.298. The van der Waals surface area contributed by atoms with Crippen molar-refractivity contribution in [2.45, 2.75) is 13.8 Å². The lowest BCUT2D eigenvalue weighted by Crippen LogP contribution is -2.23. The van der Waals surface area contributed by atoms with Gasteiger partial charge in [-0.3, -0.25) is 0 Å². The van der Waals surface area contributed by atoms with Crippen molar-refractivity contribution in [3.05, 3.63) is 35.4 Å². The van der Waals surface area contributed by atoms with Crippen LogP contribution in [0.4, 0.5) is 5.69 Å². The van der Waals surface area contributed by atoms with Gasteiger partial charge in [0.15, 0.2) is 0 Å². The summed E-state index contributed by atoms with van der Waals surface area (Å²) in [4.78, 5) is 12.8. The molecule has 1 aromatic rings. The number of carbonyl (C=O) groups excluding carboxylic acids is 1. The zero-order valence-corrected chi connectivity index (χ0v) is 10.5. The van der Waals surface area contributed by atoms with E-state index in [1.54, 1.807) is 18.2 Å². The number of rotatable bonds is 5. The van der Waals surface area contributed by atoms with Crippen molar-refractivity contribution in [3.8, 4) is 6.07 Å². The maximum Gasteiger partial charge on any atom is 0.101 e. The number of nitrogens with zero attached hydrogens (tertiary/aromatic N) is 2. The van der Waals surface area contributed by atoms with E-state index in [1.807, 2.05) is 12.1 Å². The highest BCUT2D eigenvalue weighted by molar-refractivity contribution is 5.95. The van der Waals surface area contributed by atoms with Gasteiger partial charge < -0.3 is 14.8 Å². The van der Waals surface area contributed by atoms with Crippen LogP contribution < -0.4 is 10.0 Å². The fourth-order valence-corrected chi connectivity index (χ4v) is 1.67. The third kappa shape index (κ3) is 3.36. The van der Waals surface area contributed by atoms with Crippen LogP contribution >= 0.6 is 0 Å². The van der Waals surface area contributed by atoms with Crippen molar-refractivity contribution >= 4 is 17.7 Å². The van der Waals surface area contributed by atoms with Gasteiger partial charge in [-0.15, -0.1) is 0 Å². The van der Waals surface area contributed by atoms with Crippen molar-refractivity contribution < 1.29 is 9.90 Å². The number of nitriles is 1. The van der Waals surface area contributed by atoms with Crippen LogP contribution in [0.25, 0.3) is 6.08 Å². The molecule has 0 radical (unpaired) electrons. The van der Waals surface area contributed by atoms with Crippen molar-refractivity contribution in [1.29, 1.82) is 5.26 Å². The third-order valence-electron chi connectivity index (χ3n) is 2.67. The lowest BCUT2D eigenvalue weighted by Gasteiger charge is -2.20. The van der Waals surface area contributed by atoms with Crippen molar-refractivity contribution in [3.63, 3.8) is 0 Å². The van der Waals surface area contributed by atoms with E-state index >= 15 is 0 Å². The maximum absolute atomic E-state index is 10.6. The van der Waals surface area contributed by atoms with Crippen molar-refractivity contribution in [2.75, 3.05) is 18.0 Å². The van der Waals surface area contributed by atoms with Crippen molar-refractivity contribution in [2.24, 2.45) is 0 Å². The first-order valence-corrected chi connectivity index (χ1v) is 5.80. The first-order valence-electron chi connectivity index (χ1n) is 5.80. The average molecular weight is 243 g/mol. The summed E-state index contributed by atoms with van der Waals surface area (Å²) in [5.41, 5.74) is 1.38. The standard InChI is InChI=1S/C14H16N2O2/c1-3-16(4-2)13-7-5-11(6-8-13)9-12(10-15)14(17)18/h5-9H,3-4H2,1-2H3,(H,17,18)/p-1/b12-9+. The van der Waals surface area contributed by atoms with Crippen LogP contribution in [0.2, 0.25) is 0 Å². The molecule has 18 heavy (non-hydrogen) atoms. The molecule has 4 nitrogen and oxygen atoms in total. The molecule has 0 fully saturated rings. The van der Waals surface area contributed by atoms with Gasteiger partial charge in [-0.1, -0.05) is 12.1 Å². The number of carboxylic acid groups (broad SMARTS) is 1. The van der Waals surface area contributed by atoms with Gasteiger partial charge in [-0.05, 0) is 37.6 Å². The molecule has 0 aromatic heterocycles. The fourth-order valence-electron chi connectivity index (χ4n) is 1.67. The molecule has 0 heterocycles. The smallest absolute Gasteiger partial charge is 0.101 e. The van der Waals surface area contributed by atoms with E-state index in [-0.39, 0.29) is 5.57 Å². The average Bonchev–Trinajstić information content (AvgIpc) is 2.38. The summed E-state index contributed by atoms with van der Waals surface area (Å²) >= 11 is 0. The zero-order chi connectivity index (χ0) is 13.5. The molecule has 0 saturated carbocycles. The molecule has 1 aromatic carbocycles. The van der Waals surface area contributed by atoms with Gasteiger partial charge in [0.1, 0.15) is 6.07 Å². The monoisotopic (exact) mass is 243 g/mol. The Hall–Kier alpha value is -2.28. The quantitative estimate of drug-likeness (QED) is 0.575. The van der Waals surface area contributed by atoms with Gasteiger partial charge in [0.25, 0.3) is 0 Å². The van der Waals surface area contributed by atoms with Gasteiger partial charge in [-0.25, -0.2) is 0 Å². The number of aliphatic carboxylic acids is 1. The Morgan fingerprint density at radius 3 is 2.28 bits per heavy atom. The number of hydrogen-bond donors (Lipinski definition) is 0. The number of anilines is 1. The molecule has 0 atom stereocenters. The summed E-state index contributed by atoms with van der Waals surface area (Å²) in [6.45, 7) is 5.96. The molecule has 0 saturated heterocycles. The third-order valence-corrected chi connectivity index (χ3v) is 2.67. The normalized spacial score (nSPS) is 10.8. The topological polar surface area (TPSA) is 67.2 Å². The molecule has 0 aliphatic rings. The van der Waals surface area contributed by atoms with Gasteiger partial charge in [-0.2, -0.15) is 5.26 Å². The number of carbonyl (C=O) groups is 1. The van der Waals surface area contributed by atoms with Crippen molar-refractivity contribution in [1.82, 2.24) is 0 Å². The van der Waals surface area contributed by atoms with Crippen LogP contribution in [0, 0.1) is 11.3 Å². The summed E-state index contributed by atoms with van der Waals surface area (Å²) < 4.78 is 0. The van der Waals surface area contributed by atoms with E-state index in [9.17, 15) is 9.90 Å². The SMILES string of the molecule is CCN(CC)c1ccc(/C=C(\C#N)C(=O)[O-])cc1. The van der Waals surface area contributed by atoms with E-state index in [0.29, 0.717) is 5.56 Å². The van der Waals surface area contributed by atoms with E-state index in [4.69, 9.17) is 5.26 Å². The molecule has 4 heteroatoms. The van der Waals surface area contributed by atoms with E-state index in [2.05, 4.69) is 18.7 Å². The highest BCUT2D eigenvalue weighted by atomic mass is 16.4. The largest absolute Gasteiger partial charge is 0.544 e. The minimum absolute atomic E-state index is 0.370. The van der Waals surface area contributed by atoms with Crippen LogP contribution in [0.3, 0.4) is 0 Å². The Kier molecular flexibility index (Phi) is 4.94. The Bertz CT molecular complexity index is 480. The Labute approximate surface area is 107 Å². The molecule has 0 bridgehead atoms. The number of carboxylic acids is 1. The summed E-state index contributed by atoms with van der Waals surface area (Å²) in [7, 11) is 0. The predicted molar refractivity (Wildman–Crippen MR) is 68.6 cm³/mol. The molecule has 0 amide bonds. The Balaban J connectivity index is 2.97.